The summed E-state index contributed by atoms with van der Waals surface area (Å²) in [5, 5.41) is 3.02. The van der Waals surface area contributed by atoms with E-state index in [1.165, 1.54) is 0 Å². The number of methoxy groups -OCH3 is 1. The summed E-state index contributed by atoms with van der Waals surface area (Å²) < 4.78 is 5.94. The van der Waals surface area contributed by atoms with Gasteiger partial charge in [-0.25, -0.2) is 0 Å². The molecule has 0 spiro atoms. The third-order valence-corrected chi connectivity index (χ3v) is 4.59. The number of hydrogen-bond acceptors (Lipinski definition) is 4. The number of benzene rings is 1. The minimum Gasteiger partial charge on any atom is -0.497 e. The second kappa shape index (κ2) is 7.24. The number of nitrogens with one attached hydrogen (secondary N) is 1. The zero-order valence-corrected chi connectivity index (χ0v) is 14.3. The molecule has 1 amide bonds. The molecule has 0 radical (unpaired) electrons. The minimum absolute atomic E-state index is 0.0811. The molecular weight excluding hydrogens is 334 g/mol. The van der Waals surface area contributed by atoms with Crippen molar-refractivity contribution in [3.63, 3.8) is 0 Å². The Labute approximate surface area is 134 Å². The molecule has 116 valence electrons. The molecule has 0 saturated carbocycles. The van der Waals surface area contributed by atoms with Gasteiger partial charge in [-0.2, -0.15) is 0 Å². The molecule has 1 heterocycles. The number of carbonyl (C=O) groups excluding carboxylic acids is 1. The summed E-state index contributed by atoms with van der Waals surface area (Å²) in [6.45, 7) is 3.71. The molecule has 0 aliphatic carbocycles. The summed E-state index contributed by atoms with van der Waals surface area (Å²) >= 11 is 3.41. The highest BCUT2D eigenvalue weighted by Gasteiger charge is 2.23. The molecule has 1 aromatic rings. The first-order valence-corrected chi connectivity index (χ1v) is 7.81. The molecule has 1 saturated heterocycles. The van der Waals surface area contributed by atoms with E-state index < -0.39 is 0 Å². The standard InChI is InChI=1S/C15H22BrN3O2/c1-18-6-7-19(2)11(10-18)9-17-15(20)13-8-12(21-3)4-5-14(13)16/h4-5,8,11H,6-7,9-10H2,1-3H3,(H,17,20). The van der Waals surface area contributed by atoms with Crippen LogP contribution in [0.3, 0.4) is 0 Å². The monoisotopic (exact) mass is 355 g/mol. The number of amides is 1. The fraction of sp³-hybridized carbons (Fsp3) is 0.533. The predicted octanol–water partition coefficient (Wildman–Crippen LogP) is 1.43. The highest BCUT2D eigenvalue weighted by Crippen LogP contribution is 2.22. The molecule has 1 fully saturated rings. The second-order valence-electron chi connectivity index (χ2n) is 5.45. The van der Waals surface area contributed by atoms with Crippen molar-refractivity contribution in [2.75, 3.05) is 47.4 Å². The van der Waals surface area contributed by atoms with Gasteiger partial charge in [0.25, 0.3) is 5.91 Å². The lowest BCUT2D eigenvalue weighted by Crippen LogP contribution is -2.54. The maximum absolute atomic E-state index is 12.3. The lowest BCUT2D eigenvalue weighted by molar-refractivity contribution is 0.0880. The quantitative estimate of drug-likeness (QED) is 0.887. The molecule has 1 aliphatic rings. The highest BCUT2D eigenvalue weighted by molar-refractivity contribution is 9.10. The van der Waals surface area contributed by atoms with E-state index in [2.05, 4.69) is 45.1 Å². The minimum atomic E-state index is -0.0811. The average molecular weight is 356 g/mol. The molecule has 1 aromatic carbocycles. The van der Waals surface area contributed by atoms with E-state index >= 15 is 0 Å². The van der Waals surface area contributed by atoms with Gasteiger partial charge in [-0.3, -0.25) is 9.69 Å². The number of piperazine rings is 1. The Morgan fingerprint density at radius 3 is 2.90 bits per heavy atom. The lowest BCUT2D eigenvalue weighted by atomic mass is 10.1. The molecule has 1 unspecified atom stereocenters. The molecule has 1 aliphatic heterocycles. The zero-order valence-electron chi connectivity index (χ0n) is 12.7. The summed E-state index contributed by atoms with van der Waals surface area (Å²) in [7, 11) is 5.81. The fourth-order valence-corrected chi connectivity index (χ4v) is 2.86. The summed E-state index contributed by atoms with van der Waals surface area (Å²) in [6.07, 6.45) is 0. The number of halogens is 1. The number of hydrogen-bond donors (Lipinski definition) is 1. The first-order valence-electron chi connectivity index (χ1n) is 7.01. The number of ether oxygens (including phenoxy) is 1. The van der Waals surface area contributed by atoms with Gasteiger partial charge in [0.15, 0.2) is 0 Å². The van der Waals surface area contributed by atoms with Gasteiger partial charge in [0.05, 0.1) is 12.7 Å². The molecule has 1 atom stereocenters. The Kier molecular flexibility index (Phi) is 5.61. The van der Waals surface area contributed by atoms with Crippen LogP contribution in [-0.4, -0.2) is 69.1 Å². The van der Waals surface area contributed by atoms with E-state index in [-0.39, 0.29) is 5.91 Å². The van der Waals surface area contributed by atoms with Crippen LogP contribution in [0.1, 0.15) is 10.4 Å². The summed E-state index contributed by atoms with van der Waals surface area (Å²) in [5.41, 5.74) is 0.598. The summed E-state index contributed by atoms with van der Waals surface area (Å²) in [5.74, 6) is 0.597. The Balaban J connectivity index is 1.98. The molecule has 21 heavy (non-hydrogen) atoms. The van der Waals surface area contributed by atoms with Gasteiger partial charge >= 0.3 is 0 Å². The molecule has 2 rings (SSSR count). The van der Waals surface area contributed by atoms with Crippen LogP contribution in [-0.2, 0) is 0 Å². The van der Waals surface area contributed by atoms with Gasteiger partial charge in [0.2, 0.25) is 0 Å². The Morgan fingerprint density at radius 1 is 1.43 bits per heavy atom. The molecule has 1 N–H and O–H groups in total. The van der Waals surface area contributed by atoms with Crippen molar-refractivity contribution >= 4 is 21.8 Å². The van der Waals surface area contributed by atoms with Crippen LogP contribution in [0.5, 0.6) is 5.75 Å². The van der Waals surface area contributed by atoms with Gasteiger partial charge in [-0.15, -0.1) is 0 Å². The van der Waals surface area contributed by atoms with Crippen molar-refractivity contribution in [3.05, 3.63) is 28.2 Å². The number of nitrogens with zero attached hydrogens (tertiary/aromatic N) is 2. The molecular formula is C15H22BrN3O2. The molecule has 5 nitrogen and oxygen atoms in total. The number of carbonyl (C=O) groups is 1. The lowest BCUT2D eigenvalue weighted by Gasteiger charge is -2.37. The SMILES string of the molecule is COc1ccc(Br)c(C(=O)NCC2CN(C)CCN2C)c1. The van der Waals surface area contributed by atoms with Crippen molar-refractivity contribution in [3.8, 4) is 5.75 Å². The van der Waals surface area contributed by atoms with Crippen LogP contribution in [0.4, 0.5) is 0 Å². The Bertz CT molecular complexity index is 510. The van der Waals surface area contributed by atoms with E-state index in [1.54, 1.807) is 13.2 Å². The topological polar surface area (TPSA) is 44.8 Å². The van der Waals surface area contributed by atoms with Gasteiger partial charge in [-0.1, -0.05) is 0 Å². The van der Waals surface area contributed by atoms with Gasteiger partial charge < -0.3 is 15.0 Å². The van der Waals surface area contributed by atoms with Crippen LogP contribution in [0, 0.1) is 0 Å². The number of likely N-dealkylation sites (N-methyl/N-ethyl adjacent to an activating group) is 2. The fourth-order valence-electron chi connectivity index (χ4n) is 2.43. The third-order valence-electron chi connectivity index (χ3n) is 3.90. The van der Waals surface area contributed by atoms with Crippen LogP contribution < -0.4 is 10.1 Å². The average Bonchev–Trinajstić information content (AvgIpc) is 2.48. The predicted molar refractivity (Wildman–Crippen MR) is 86.9 cm³/mol. The van der Waals surface area contributed by atoms with Gasteiger partial charge in [0.1, 0.15) is 5.75 Å². The van der Waals surface area contributed by atoms with E-state index in [0.29, 0.717) is 23.9 Å². The molecule has 0 aromatic heterocycles. The third kappa shape index (κ3) is 4.18. The van der Waals surface area contributed by atoms with E-state index in [9.17, 15) is 4.79 Å². The molecule has 6 heteroatoms. The van der Waals surface area contributed by atoms with Crippen LogP contribution in [0.25, 0.3) is 0 Å². The smallest absolute Gasteiger partial charge is 0.252 e. The normalized spacial score (nSPS) is 20.3. The first-order chi connectivity index (χ1) is 10.0. The van der Waals surface area contributed by atoms with Crippen molar-refractivity contribution in [1.82, 2.24) is 15.1 Å². The Morgan fingerprint density at radius 2 is 2.19 bits per heavy atom. The highest BCUT2D eigenvalue weighted by atomic mass is 79.9. The summed E-state index contributed by atoms with van der Waals surface area (Å²) in [6, 6.07) is 5.74. The van der Waals surface area contributed by atoms with Gasteiger partial charge in [0, 0.05) is 36.7 Å². The number of rotatable bonds is 4. The van der Waals surface area contributed by atoms with Gasteiger partial charge in [-0.05, 0) is 48.2 Å². The van der Waals surface area contributed by atoms with E-state index in [1.807, 2.05) is 12.1 Å². The van der Waals surface area contributed by atoms with E-state index in [4.69, 9.17) is 4.74 Å². The summed E-state index contributed by atoms with van der Waals surface area (Å²) in [4.78, 5) is 16.9. The maximum atomic E-state index is 12.3. The Hall–Kier alpha value is -1.11. The van der Waals surface area contributed by atoms with Crippen molar-refractivity contribution in [1.29, 1.82) is 0 Å². The van der Waals surface area contributed by atoms with Crippen LogP contribution >= 0.6 is 15.9 Å². The second-order valence-corrected chi connectivity index (χ2v) is 6.31. The zero-order chi connectivity index (χ0) is 15.4. The molecule has 0 bridgehead atoms. The van der Waals surface area contributed by atoms with E-state index in [0.717, 1.165) is 24.1 Å². The van der Waals surface area contributed by atoms with Crippen molar-refractivity contribution < 1.29 is 9.53 Å². The van der Waals surface area contributed by atoms with Crippen LogP contribution in [0.15, 0.2) is 22.7 Å². The maximum Gasteiger partial charge on any atom is 0.252 e. The first kappa shape index (κ1) is 16.3. The van der Waals surface area contributed by atoms with Crippen molar-refractivity contribution in [2.24, 2.45) is 0 Å². The van der Waals surface area contributed by atoms with Crippen molar-refractivity contribution in [2.45, 2.75) is 6.04 Å². The van der Waals surface area contributed by atoms with Crippen LogP contribution in [0.2, 0.25) is 0 Å². The largest absolute Gasteiger partial charge is 0.497 e.